The van der Waals surface area contributed by atoms with Gasteiger partial charge in [-0.05, 0) is 80.1 Å². The minimum Gasteiger partial charge on any atom is -0.318 e. The lowest BCUT2D eigenvalue weighted by Crippen LogP contribution is -2.29. The Morgan fingerprint density at radius 1 is 1.05 bits per heavy atom. The van der Waals surface area contributed by atoms with Gasteiger partial charge < -0.3 is 4.57 Å². The fraction of sp³-hybridized carbons (Fsp3) is 0.143. The first kappa shape index (κ1) is 27.6. The molecular weight excluding hydrogens is 588 g/mol. The zero-order chi connectivity index (χ0) is 27.4. The number of hydrogen-bond donors (Lipinski definition) is 1. The average molecular weight is 614 g/mol. The standard InChI is InChI=1S/C28H26BrClN4O3S/c1-19-15-23(20(2)34(19)27-6-4-5-24(29)16-27)17-31-32-28(35)22-9-13-26(14-10-22)33(38(3,36)37)18-21-7-11-25(30)12-8-21/h4-17H,18H2,1-3H3,(H,32,35)/b31-17-. The molecule has 38 heavy (non-hydrogen) atoms. The second-order valence-electron chi connectivity index (χ2n) is 8.78. The van der Waals surface area contributed by atoms with Gasteiger partial charge in [-0.1, -0.05) is 45.7 Å². The van der Waals surface area contributed by atoms with Crippen molar-refractivity contribution in [1.82, 2.24) is 9.99 Å². The lowest BCUT2D eigenvalue weighted by Gasteiger charge is -2.22. The van der Waals surface area contributed by atoms with E-state index in [0.717, 1.165) is 38.9 Å². The molecule has 0 bridgehead atoms. The van der Waals surface area contributed by atoms with Gasteiger partial charge in [0.1, 0.15) is 0 Å². The summed E-state index contributed by atoms with van der Waals surface area (Å²) in [6, 6.07) is 23.3. The zero-order valence-electron chi connectivity index (χ0n) is 21.0. The monoisotopic (exact) mass is 612 g/mol. The Balaban J connectivity index is 1.46. The van der Waals surface area contributed by atoms with Crippen LogP contribution in [0.2, 0.25) is 5.02 Å². The molecule has 0 unspecified atom stereocenters. The molecular formula is C28H26BrClN4O3S. The first-order valence-corrected chi connectivity index (χ1v) is 14.7. The summed E-state index contributed by atoms with van der Waals surface area (Å²) in [4.78, 5) is 12.7. The lowest BCUT2D eigenvalue weighted by molar-refractivity contribution is 0.0955. The quantitative estimate of drug-likeness (QED) is 0.189. The fourth-order valence-electron chi connectivity index (χ4n) is 4.09. The summed E-state index contributed by atoms with van der Waals surface area (Å²) in [6.07, 6.45) is 2.76. The number of anilines is 1. The molecule has 4 rings (SSSR count). The van der Waals surface area contributed by atoms with Crippen LogP contribution in [-0.2, 0) is 16.6 Å². The van der Waals surface area contributed by atoms with Crippen LogP contribution >= 0.6 is 27.5 Å². The summed E-state index contributed by atoms with van der Waals surface area (Å²) in [5.41, 5.74) is 8.07. The van der Waals surface area contributed by atoms with E-state index >= 15 is 0 Å². The number of amides is 1. The summed E-state index contributed by atoms with van der Waals surface area (Å²) in [5, 5.41) is 4.71. The summed E-state index contributed by atoms with van der Waals surface area (Å²) >= 11 is 9.45. The molecule has 1 heterocycles. The van der Waals surface area contributed by atoms with E-state index in [1.807, 2.05) is 44.2 Å². The Morgan fingerprint density at radius 3 is 2.37 bits per heavy atom. The molecule has 0 aliphatic rings. The Labute approximate surface area is 235 Å². The SMILES string of the molecule is Cc1cc(/C=N\NC(=O)c2ccc(N(Cc3ccc(Cl)cc3)S(C)(=O)=O)cc2)c(C)n1-c1cccc(Br)c1. The zero-order valence-corrected chi connectivity index (χ0v) is 24.2. The first-order chi connectivity index (χ1) is 18.0. The van der Waals surface area contributed by atoms with Gasteiger partial charge in [0.2, 0.25) is 10.0 Å². The molecule has 7 nitrogen and oxygen atoms in total. The predicted molar refractivity (Wildman–Crippen MR) is 157 cm³/mol. The largest absolute Gasteiger partial charge is 0.318 e. The van der Waals surface area contributed by atoms with Crippen molar-refractivity contribution >= 4 is 55.4 Å². The molecule has 4 aromatic rings. The Bertz CT molecular complexity index is 1600. The topological polar surface area (TPSA) is 83.8 Å². The molecule has 0 spiro atoms. The van der Waals surface area contributed by atoms with Crippen molar-refractivity contribution in [1.29, 1.82) is 0 Å². The van der Waals surface area contributed by atoms with E-state index in [0.29, 0.717) is 16.3 Å². The van der Waals surface area contributed by atoms with Crippen LogP contribution < -0.4 is 9.73 Å². The molecule has 1 amide bonds. The number of aryl methyl sites for hydroxylation is 1. The normalized spacial score (nSPS) is 11.6. The molecule has 1 N–H and O–H groups in total. The third-order valence-corrected chi connectivity index (χ3v) is 7.85. The van der Waals surface area contributed by atoms with E-state index in [4.69, 9.17) is 11.6 Å². The molecule has 196 valence electrons. The van der Waals surface area contributed by atoms with Gasteiger partial charge in [0.15, 0.2) is 0 Å². The molecule has 0 saturated carbocycles. The number of nitrogens with zero attached hydrogens (tertiary/aromatic N) is 3. The number of halogens is 2. The van der Waals surface area contributed by atoms with Gasteiger partial charge in [0.05, 0.1) is 24.7 Å². The van der Waals surface area contributed by atoms with E-state index < -0.39 is 15.9 Å². The number of carbonyl (C=O) groups is 1. The number of rotatable bonds is 8. The molecule has 0 fully saturated rings. The van der Waals surface area contributed by atoms with E-state index in [1.165, 1.54) is 4.31 Å². The van der Waals surface area contributed by atoms with Crippen molar-refractivity contribution in [3.63, 3.8) is 0 Å². The van der Waals surface area contributed by atoms with Crippen molar-refractivity contribution in [2.45, 2.75) is 20.4 Å². The Morgan fingerprint density at radius 2 is 1.74 bits per heavy atom. The van der Waals surface area contributed by atoms with Crippen molar-refractivity contribution in [2.24, 2.45) is 5.10 Å². The summed E-state index contributed by atoms with van der Waals surface area (Å²) in [5.74, 6) is -0.405. The van der Waals surface area contributed by atoms with Crippen molar-refractivity contribution < 1.29 is 13.2 Å². The molecule has 0 radical (unpaired) electrons. The van der Waals surface area contributed by atoms with Gasteiger partial charge >= 0.3 is 0 Å². The lowest BCUT2D eigenvalue weighted by atomic mass is 10.2. The van der Waals surface area contributed by atoms with Crippen LogP contribution in [0.15, 0.2) is 88.4 Å². The smallest absolute Gasteiger partial charge is 0.271 e. The van der Waals surface area contributed by atoms with E-state index in [9.17, 15) is 13.2 Å². The average Bonchev–Trinajstić information content (AvgIpc) is 3.15. The van der Waals surface area contributed by atoms with E-state index in [2.05, 4.69) is 31.0 Å². The van der Waals surface area contributed by atoms with E-state index in [1.54, 1.807) is 54.7 Å². The van der Waals surface area contributed by atoms with E-state index in [-0.39, 0.29) is 6.54 Å². The van der Waals surface area contributed by atoms with Gasteiger partial charge in [-0.15, -0.1) is 0 Å². The van der Waals surface area contributed by atoms with Crippen molar-refractivity contribution in [3.05, 3.63) is 116 Å². The maximum Gasteiger partial charge on any atom is 0.271 e. The van der Waals surface area contributed by atoms with Crippen molar-refractivity contribution in [2.75, 3.05) is 10.6 Å². The number of benzene rings is 3. The number of nitrogens with one attached hydrogen (secondary N) is 1. The van der Waals surface area contributed by atoms with Gasteiger partial charge in [-0.25, -0.2) is 13.8 Å². The molecule has 0 atom stereocenters. The van der Waals surface area contributed by atoms with Crippen LogP contribution in [0.4, 0.5) is 5.69 Å². The highest BCUT2D eigenvalue weighted by Gasteiger charge is 2.18. The summed E-state index contributed by atoms with van der Waals surface area (Å²) in [6.45, 7) is 4.15. The van der Waals surface area contributed by atoms with Crippen LogP contribution in [-0.4, -0.2) is 31.4 Å². The highest BCUT2D eigenvalue weighted by molar-refractivity contribution is 9.10. The predicted octanol–water partition coefficient (Wildman–Crippen LogP) is 6.24. The molecule has 0 aliphatic carbocycles. The minimum atomic E-state index is -3.56. The minimum absolute atomic E-state index is 0.143. The first-order valence-electron chi connectivity index (χ1n) is 11.6. The summed E-state index contributed by atoms with van der Waals surface area (Å²) in [7, 11) is -3.56. The number of sulfonamides is 1. The van der Waals surface area contributed by atoms with Gasteiger partial charge in [0.25, 0.3) is 5.91 Å². The van der Waals surface area contributed by atoms with Crippen molar-refractivity contribution in [3.8, 4) is 5.69 Å². The second-order valence-corrected chi connectivity index (χ2v) is 12.0. The second kappa shape index (κ2) is 11.6. The molecule has 3 aromatic carbocycles. The van der Waals surface area contributed by atoms with Gasteiger partial charge in [-0.2, -0.15) is 5.10 Å². The molecule has 10 heteroatoms. The molecule has 1 aromatic heterocycles. The third-order valence-electron chi connectivity index (χ3n) is 5.96. The summed E-state index contributed by atoms with van der Waals surface area (Å²) < 4.78 is 29.3. The number of aromatic nitrogens is 1. The third kappa shape index (κ3) is 6.53. The maximum absolute atomic E-state index is 12.7. The number of hydrazone groups is 1. The van der Waals surface area contributed by atoms with Gasteiger partial charge in [-0.3, -0.25) is 9.10 Å². The highest BCUT2D eigenvalue weighted by Crippen LogP contribution is 2.23. The number of hydrogen-bond acceptors (Lipinski definition) is 4. The van der Waals surface area contributed by atoms with Crippen LogP contribution in [0.25, 0.3) is 5.69 Å². The fourth-order valence-corrected chi connectivity index (χ4v) is 5.49. The van der Waals surface area contributed by atoms with Gasteiger partial charge in [0, 0.05) is 37.7 Å². The van der Waals surface area contributed by atoms with Crippen LogP contribution in [0.1, 0.15) is 32.9 Å². The van der Waals surface area contributed by atoms with Crippen LogP contribution in [0, 0.1) is 13.8 Å². The maximum atomic E-state index is 12.7. The molecule has 0 saturated heterocycles. The van der Waals surface area contributed by atoms with Crippen LogP contribution in [0.3, 0.4) is 0 Å². The number of carbonyl (C=O) groups excluding carboxylic acids is 1. The molecule has 0 aliphatic heterocycles. The van der Waals surface area contributed by atoms with Crippen LogP contribution in [0.5, 0.6) is 0 Å². The Hall–Kier alpha value is -3.40. The highest BCUT2D eigenvalue weighted by atomic mass is 79.9. The Kier molecular flexibility index (Phi) is 8.40.